The van der Waals surface area contributed by atoms with Crippen molar-refractivity contribution in [2.75, 3.05) is 0 Å². The number of rotatable bonds is 11. The van der Waals surface area contributed by atoms with Crippen molar-refractivity contribution in [1.29, 1.82) is 0 Å². The van der Waals surface area contributed by atoms with E-state index in [4.69, 9.17) is 5.73 Å². The minimum Gasteiger partial charge on any atom is -0.326 e. The number of hydrogen-bond acceptors (Lipinski definition) is 3. The molecule has 1 unspecified atom stereocenters. The summed E-state index contributed by atoms with van der Waals surface area (Å²) in [7, 11) is 0. The van der Waals surface area contributed by atoms with Crippen LogP contribution in [-0.4, -0.2) is 22.2 Å². The van der Waals surface area contributed by atoms with Gasteiger partial charge in [0.25, 0.3) is 0 Å². The van der Waals surface area contributed by atoms with E-state index in [9.17, 15) is 0 Å². The average Bonchev–Trinajstić information content (AvgIpc) is 2.18. The SMILES string of the molecule is CC(CC(C)(C)NI)CC(C)(C)NC(C)(C)CC(C)(C)CC(C)(C)N. The number of hydrogen-bond donors (Lipinski definition) is 3. The topological polar surface area (TPSA) is 50.1 Å². The van der Waals surface area contributed by atoms with E-state index in [0.717, 1.165) is 12.8 Å². The van der Waals surface area contributed by atoms with Crippen LogP contribution in [0.5, 0.6) is 0 Å². The molecule has 0 spiro atoms. The van der Waals surface area contributed by atoms with Crippen LogP contribution < -0.4 is 14.6 Å². The van der Waals surface area contributed by atoms with Crippen LogP contribution in [0.15, 0.2) is 0 Å². The van der Waals surface area contributed by atoms with Crippen LogP contribution in [0.1, 0.15) is 102 Å². The van der Waals surface area contributed by atoms with Crippen LogP contribution in [0.3, 0.4) is 0 Å². The molecule has 0 aliphatic carbocycles. The first-order valence-electron chi connectivity index (χ1n) is 9.74. The fraction of sp³-hybridized carbons (Fsp3) is 1.00. The molecule has 0 aliphatic heterocycles. The minimum absolute atomic E-state index is 0.0784. The highest BCUT2D eigenvalue weighted by Gasteiger charge is 2.36. The zero-order valence-corrected chi connectivity index (χ0v) is 21.0. The van der Waals surface area contributed by atoms with Crippen molar-refractivity contribution >= 4 is 22.9 Å². The van der Waals surface area contributed by atoms with E-state index >= 15 is 0 Å². The summed E-state index contributed by atoms with van der Waals surface area (Å²) in [5, 5.41) is 3.95. The standard InChI is InChI=1S/C21H46IN3/c1-16(13-20(8,9)25-22)12-19(6,7)24-21(10,11)15-17(2,3)14-18(4,5)23/h16,24-25H,12-15,23H2,1-11H3. The molecule has 0 rings (SSSR count). The predicted octanol–water partition coefficient (Wildman–Crippen LogP) is 5.81. The molecule has 4 heteroatoms. The molecule has 0 fully saturated rings. The van der Waals surface area contributed by atoms with E-state index in [2.05, 4.69) is 108 Å². The van der Waals surface area contributed by atoms with Gasteiger partial charge in [0.2, 0.25) is 0 Å². The first-order chi connectivity index (χ1) is 10.8. The third-order valence-electron chi connectivity index (χ3n) is 4.50. The monoisotopic (exact) mass is 467 g/mol. The average molecular weight is 468 g/mol. The highest BCUT2D eigenvalue weighted by atomic mass is 127. The van der Waals surface area contributed by atoms with Gasteiger partial charge in [0.15, 0.2) is 0 Å². The Morgan fingerprint density at radius 2 is 1.20 bits per heavy atom. The second kappa shape index (κ2) is 8.74. The van der Waals surface area contributed by atoms with Gasteiger partial charge in [-0.15, -0.1) is 0 Å². The molecule has 0 aromatic heterocycles. The van der Waals surface area contributed by atoms with Gasteiger partial charge in [-0.05, 0) is 92.4 Å². The summed E-state index contributed by atoms with van der Waals surface area (Å²) in [6.45, 7) is 25.2. The van der Waals surface area contributed by atoms with Gasteiger partial charge in [-0.2, -0.15) is 0 Å². The van der Waals surface area contributed by atoms with Gasteiger partial charge < -0.3 is 11.1 Å². The molecule has 0 heterocycles. The summed E-state index contributed by atoms with van der Waals surface area (Å²) in [4.78, 5) is 0. The predicted molar refractivity (Wildman–Crippen MR) is 122 cm³/mol. The summed E-state index contributed by atoms with van der Waals surface area (Å²) < 4.78 is 3.40. The van der Waals surface area contributed by atoms with Crippen LogP contribution >= 0.6 is 22.9 Å². The third-order valence-corrected chi connectivity index (χ3v) is 5.96. The molecule has 152 valence electrons. The van der Waals surface area contributed by atoms with E-state index in [0.29, 0.717) is 5.92 Å². The summed E-state index contributed by atoms with van der Waals surface area (Å²) >= 11 is 2.27. The second-order valence-corrected chi connectivity index (χ2v) is 12.4. The van der Waals surface area contributed by atoms with E-state index in [-0.39, 0.29) is 27.6 Å². The molecule has 0 bridgehead atoms. The first kappa shape index (κ1) is 25.6. The van der Waals surface area contributed by atoms with Crippen LogP contribution in [0.2, 0.25) is 0 Å². The summed E-state index contributed by atoms with van der Waals surface area (Å²) in [6.07, 6.45) is 4.48. The van der Waals surface area contributed by atoms with E-state index < -0.39 is 0 Å². The molecule has 0 aromatic carbocycles. The number of nitrogens with one attached hydrogen (secondary N) is 2. The van der Waals surface area contributed by atoms with Gasteiger partial charge in [-0.1, -0.05) is 20.8 Å². The zero-order valence-electron chi connectivity index (χ0n) is 18.9. The van der Waals surface area contributed by atoms with Crippen molar-refractivity contribution in [3.8, 4) is 0 Å². The third kappa shape index (κ3) is 12.6. The Hall–Kier alpha value is 0.610. The maximum absolute atomic E-state index is 6.28. The number of halogens is 1. The van der Waals surface area contributed by atoms with Crippen molar-refractivity contribution in [3.05, 3.63) is 0 Å². The normalized spacial score (nSPS) is 16.2. The highest BCUT2D eigenvalue weighted by Crippen LogP contribution is 2.36. The molecule has 0 saturated heterocycles. The lowest BCUT2D eigenvalue weighted by atomic mass is 9.72. The molecule has 0 aromatic rings. The molecule has 1 atom stereocenters. The Bertz CT molecular complexity index is 406. The van der Waals surface area contributed by atoms with Crippen molar-refractivity contribution in [2.45, 2.75) is 124 Å². The van der Waals surface area contributed by atoms with E-state index in [1.807, 2.05) is 0 Å². The smallest absolute Gasteiger partial charge is 0.0220 e. The zero-order chi connectivity index (χ0) is 20.3. The molecule has 3 nitrogen and oxygen atoms in total. The molecular weight excluding hydrogens is 421 g/mol. The Morgan fingerprint density at radius 3 is 1.60 bits per heavy atom. The molecule has 0 aliphatic rings. The lowest BCUT2D eigenvalue weighted by Crippen LogP contribution is -2.55. The van der Waals surface area contributed by atoms with Gasteiger partial charge in [-0.25, -0.2) is 0 Å². The van der Waals surface area contributed by atoms with Crippen molar-refractivity contribution in [3.63, 3.8) is 0 Å². The van der Waals surface area contributed by atoms with Crippen molar-refractivity contribution in [2.24, 2.45) is 17.1 Å². The van der Waals surface area contributed by atoms with Crippen LogP contribution in [0.4, 0.5) is 0 Å². The van der Waals surface area contributed by atoms with E-state index in [1.54, 1.807) is 0 Å². The van der Waals surface area contributed by atoms with Gasteiger partial charge >= 0.3 is 0 Å². The summed E-state index contributed by atoms with van der Waals surface area (Å²) in [5.41, 5.74) is 6.74. The second-order valence-electron chi connectivity index (χ2n) is 11.9. The Kier molecular flexibility index (Phi) is 8.96. The van der Waals surface area contributed by atoms with Crippen molar-refractivity contribution < 1.29 is 0 Å². The molecule has 4 N–H and O–H groups in total. The van der Waals surface area contributed by atoms with Gasteiger partial charge in [0.1, 0.15) is 0 Å². The maximum Gasteiger partial charge on any atom is 0.0220 e. The molecule has 0 saturated carbocycles. The lowest BCUT2D eigenvalue weighted by Gasteiger charge is -2.44. The summed E-state index contributed by atoms with van der Waals surface area (Å²) in [6, 6.07) is 0. The van der Waals surface area contributed by atoms with Gasteiger partial charge in [0, 0.05) is 45.0 Å². The lowest BCUT2D eigenvalue weighted by molar-refractivity contribution is 0.138. The molecule has 0 amide bonds. The maximum atomic E-state index is 6.28. The van der Waals surface area contributed by atoms with Gasteiger partial charge in [0.05, 0.1) is 0 Å². The largest absolute Gasteiger partial charge is 0.326 e. The van der Waals surface area contributed by atoms with Crippen LogP contribution in [-0.2, 0) is 0 Å². The number of nitrogens with two attached hydrogens (primary N) is 1. The molecule has 25 heavy (non-hydrogen) atoms. The van der Waals surface area contributed by atoms with Crippen molar-refractivity contribution in [1.82, 2.24) is 8.85 Å². The van der Waals surface area contributed by atoms with Gasteiger partial charge in [-0.3, -0.25) is 3.53 Å². The first-order valence-corrected chi connectivity index (χ1v) is 10.8. The van der Waals surface area contributed by atoms with E-state index in [1.165, 1.54) is 12.8 Å². The Morgan fingerprint density at radius 1 is 0.760 bits per heavy atom. The molecular formula is C21H46IN3. The highest BCUT2D eigenvalue weighted by molar-refractivity contribution is 14.1. The fourth-order valence-corrected chi connectivity index (χ4v) is 5.58. The Balaban J connectivity index is 4.84. The minimum atomic E-state index is -0.123. The Labute approximate surface area is 172 Å². The molecule has 0 radical (unpaired) electrons. The quantitative estimate of drug-likeness (QED) is 0.265. The van der Waals surface area contributed by atoms with Crippen LogP contribution in [0.25, 0.3) is 0 Å². The van der Waals surface area contributed by atoms with Crippen LogP contribution in [0, 0.1) is 11.3 Å². The fourth-order valence-electron chi connectivity index (χ4n) is 5.36. The summed E-state index contributed by atoms with van der Waals surface area (Å²) in [5.74, 6) is 0.659.